The van der Waals surface area contributed by atoms with Gasteiger partial charge in [-0.25, -0.2) is 0 Å². The minimum Gasteiger partial charge on any atom is -0.0622 e. The molecule has 0 saturated carbocycles. The van der Waals surface area contributed by atoms with Crippen LogP contribution in [0.3, 0.4) is 0 Å². The summed E-state index contributed by atoms with van der Waals surface area (Å²) in [5.74, 6) is 0.0205. The van der Waals surface area contributed by atoms with Crippen molar-refractivity contribution in [2.45, 2.75) is 134 Å². The van der Waals surface area contributed by atoms with Crippen LogP contribution in [-0.4, -0.2) is 0 Å². The Morgan fingerprint density at radius 2 is 0.294 bits per heavy atom. The van der Waals surface area contributed by atoms with Gasteiger partial charge in [0.15, 0.2) is 0 Å². The van der Waals surface area contributed by atoms with Crippen molar-refractivity contribution in [1.82, 2.24) is 0 Å². The zero-order valence-corrected chi connectivity index (χ0v) is 43.9. The molecule has 0 amide bonds. The molecule has 1 aliphatic carbocycles. The van der Waals surface area contributed by atoms with E-state index < -0.39 is 0 Å². The van der Waals surface area contributed by atoms with E-state index in [0.29, 0.717) is 0 Å². The molecule has 0 heterocycles. The van der Waals surface area contributed by atoms with Gasteiger partial charge in [0.2, 0.25) is 0 Å². The molecule has 0 aliphatic heterocycles. The van der Waals surface area contributed by atoms with Crippen molar-refractivity contribution >= 4 is 0 Å². The lowest BCUT2D eigenvalue weighted by atomic mass is 9.65. The minimum absolute atomic E-state index is 0.00512. The molecule has 0 radical (unpaired) electrons. The highest BCUT2D eigenvalue weighted by molar-refractivity contribution is 5.71. The van der Waals surface area contributed by atoms with Crippen LogP contribution >= 0.6 is 0 Å². The summed E-state index contributed by atoms with van der Waals surface area (Å²) in [6.07, 6.45) is 0. The number of hydrogen-bond donors (Lipinski definition) is 0. The molecule has 0 nitrogen and oxygen atoms in total. The van der Waals surface area contributed by atoms with Gasteiger partial charge in [-0.2, -0.15) is 0 Å². The van der Waals surface area contributed by atoms with Gasteiger partial charge in [-0.15, -0.1) is 0 Å². The molecular weight excluding hydrogens is 817 g/mol. The third-order valence-corrected chi connectivity index (χ3v) is 17.8. The summed E-state index contributed by atoms with van der Waals surface area (Å²) in [4.78, 5) is 0. The van der Waals surface area contributed by atoms with Crippen LogP contribution in [0.4, 0.5) is 0 Å². The average molecular weight is 889 g/mol. The summed E-state index contributed by atoms with van der Waals surface area (Å²) in [5.41, 5.74) is 39.3. The molecule has 8 aromatic carbocycles. The fourth-order valence-corrected chi connectivity index (χ4v) is 13.5. The number of rotatable bonds is 4. The number of benzene rings is 8. The van der Waals surface area contributed by atoms with Crippen LogP contribution in [-0.2, 0) is 0 Å². The Morgan fingerprint density at radius 3 is 0.426 bits per heavy atom. The molecule has 0 N–H and O–H groups in total. The highest BCUT2D eigenvalue weighted by Crippen LogP contribution is 2.53. The molecule has 9 rings (SSSR count). The third kappa shape index (κ3) is 7.16. The second-order valence-electron chi connectivity index (χ2n) is 20.7. The average Bonchev–Trinajstić information content (AvgIpc) is 3.35. The van der Waals surface area contributed by atoms with Crippen LogP contribution in [0.15, 0.2) is 121 Å². The van der Waals surface area contributed by atoms with Gasteiger partial charge in [0.25, 0.3) is 0 Å². The van der Waals surface area contributed by atoms with E-state index in [1.165, 1.54) is 156 Å². The normalized spacial score (nSPS) is 16.8. The Kier molecular flexibility index (Phi) is 12.4. The maximum Gasteiger partial charge on any atom is 0.0350 e. The molecule has 0 atom stereocenters. The summed E-state index contributed by atoms with van der Waals surface area (Å²) < 4.78 is 0. The predicted octanol–water partition coefficient (Wildman–Crippen LogP) is 17.7. The van der Waals surface area contributed by atoms with Gasteiger partial charge in [-0.1, -0.05) is 121 Å². The fraction of sp³-hybridized carbons (Fsp3) is 0.294. The van der Waals surface area contributed by atoms with Crippen molar-refractivity contribution in [3.63, 3.8) is 0 Å². The molecule has 344 valence electrons. The van der Waals surface area contributed by atoms with Crippen molar-refractivity contribution in [3.8, 4) is 0 Å². The molecule has 0 spiro atoms. The molecule has 0 saturated heterocycles. The quantitative estimate of drug-likeness (QED) is 0.165. The molecule has 0 unspecified atom stereocenters. The minimum atomic E-state index is 0.00512. The smallest absolute Gasteiger partial charge is 0.0350 e. The summed E-state index contributed by atoms with van der Waals surface area (Å²) >= 11 is 0. The van der Waals surface area contributed by atoms with E-state index in [1.54, 1.807) is 0 Å². The predicted molar refractivity (Wildman–Crippen MR) is 291 cm³/mol. The monoisotopic (exact) mass is 889 g/mol. The van der Waals surface area contributed by atoms with E-state index in [-0.39, 0.29) is 23.7 Å². The Labute approximate surface area is 409 Å². The molecule has 0 aromatic heterocycles. The van der Waals surface area contributed by atoms with Gasteiger partial charge in [0, 0.05) is 23.7 Å². The first kappa shape index (κ1) is 46.9. The largest absolute Gasteiger partial charge is 0.0622 e. The molecule has 68 heavy (non-hydrogen) atoms. The van der Waals surface area contributed by atoms with Crippen molar-refractivity contribution < 1.29 is 0 Å². The Morgan fingerprint density at radius 1 is 0.162 bits per heavy atom. The van der Waals surface area contributed by atoms with Gasteiger partial charge >= 0.3 is 0 Å². The summed E-state index contributed by atoms with van der Waals surface area (Å²) in [6, 6.07) is 45.9. The van der Waals surface area contributed by atoms with Gasteiger partial charge in [0.05, 0.1) is 0 Å². The van der Waals surface area contributed by atoms with Gasteiger partial charge in [-0.3, -0.25) is 0 Å². The molecule has 8 bridgehead atoms. The molecule has 0 fully saturated rings. The first-order valence-corrected chi connectivity index (χ1v) is 25.1. The highest BCUT2D eigenvalue weighted by Gasteiger charge is 2.38. The van der Waals surface area contributed by atoms with E-state index in [0.717, 1.165) is 0 Å². The lowest BCUT2D eigenvalue weighted by Gasteiger charge is -2.38. The van der Waals surface area contributed by atoms with Crippen LogP contribution in [0.2, 0.25) is 0 Å². The van der Waals surface area contributed by atoms with Crippen molar-refractivity contribution in [1.29, 1.82) is 0 Å². The van der Waals surface area contributed by atoms with E-state index in [2.05, 4.69) is 232 Å². The number of fused-ring (bicyclic) bond motifs is 8. The summed E-state index contributed by atoms with van der Waals surface area (Å²) in [6.45, 7) is 38.8. The SMILES string of the molecule is Cc1c(C)c2c(C)c(c1C)C(c1ccccc1)c1c(C)c(C)c(C)c(c1C)C(c1ccccc1)c1c(C)c(C)c(C)c(c1C)C(c1ccccc1)c1c(C)c(C)c(C)c(c1C)C2c1ccccc1. The van der Waals surface area contributed by atoms with Crippen LogP contribution in [0, 0.1) is 111 Å². The standard InChI is InChI=1S/C68H72/c1-37-41(5)57-49(13)58(42(37)6)66(54-31-23-18-24-32-54)60-44(8)39(3)46(10)62(51(60)15)68(56-35-27-20-28-36-56)64-48(12)40(4)47(11)63(52(64)16)67(55-33-25-19-26-34-55)61-45(9)38(2)43(7)59(50(61)14)65(57)53-29-21-17-22-30-53/h17-36,65-68H,1-16H3. The van der Waals surface area contributed by atoms with Gasteiger partial charge < -0.3 is 0 Å². The van der Waals surface area contributed by atoms with E-state index in [1.807, 2.05) is 0 Å². The molecule has 8 aromatic rings. The first-order valence-electron chi connectivity index (χ1n) is 25.1. The zero-order valence-electron chi connectivity index (χ0n) is 43.9. The Hall–Kier alpha value is -6.24. The molecule has 0 heteroatoms. The first-order chi connectivity index (χ1) is 32.5. The van der Waals surface area contributed by atoms with Crippen molar-refractivity contribution in [3.05, 3.63) is 277 Å². The van der Waals surface area contributed by atoms with E-state index >= 15 is 0 Å². The van der Waals surface area contributed by atoms with Crippen molar-refractivity contribution in [2.75, 3.05) is 0 Å². The van der Waals surface area contributed by atoms with Crippen LogP contribution in [0.1, 0.15) is 179 Å². The van der Waals surface area contributed by atoms with Crippen LogP contribution in [0.5, 0.6) is 0 Å². The lowest BCUT2D eigenvalue weighted by molar-refractivity contribution is 0.828. The van der Waals surface area contributed by atoms with Crippen molar-refractivity contribution in [2.24, 2.45) is 0 Å². The second-order valence-corrected chi connectivity index (χ2v) is 20.7. The van der Waals surface area contributed by atoms with Gasteiger partial charge in [0.1, 0.15) is 0 Å². The molecular formula is C68H72. The number of hydrogen-bond acceptors (Lipinski definition) is 0. The van der Waals surface area contributed by atoms with E-state index in [9.17, 15) is 0 Å². The van der Waals surface area contributed by atoms with Crippen LogP contribution < -0.4 is 0 Å². The van der Waals surface area contributed by atoms with Crippen LogP contribution in [0.25, 0.3) is 0 Å². The lowest BCUT2D eigenvalue weighted by Crippen LogP contribution is -2.23. The molecule has 1 aliphatic rings. The summed E-state index contributed by atoms with van der Waals surface area (Å²) in [7, 11) is 0. The zero-order chi connectivity index (χ0) is 48.6. The summed E-state index contributed by atoms with van der Waals surface area (Å²) in [5, 5.41) is 0. The topological polar surface area (TPSA) is 0 Å². The third-order valence-electron chi connectivity index (χ3n) is 17.8. The maximum atomic E-state index is 2.47. The van der Waals surface area contributed by atoms with E-state index in [4.69, 9.17) is 0 Å². The highest BCUT2D eigenvalue weighted by atomic mass is 14.4. The van der Waals surface area contributed by atoms with Gasteiger partial charge in [-0.05, 0) is 267 Å². The fourth-order valence-electron chi connectivity index (χ4n) is 13.5. The second kappa shape index (κ2) is 18.0. The maximum absolute atomic E-state index is 2.47. The Balaban J connectivity index is 1.61. The Bertz CT molecular complexity index is 2680.